The number of aromatic nitrogens is 1. The Kier molecular flexibility index (Phi) is 4.18. The number of hydrogen-bond donors (Lipinski definition) is 2. The lowest BCUT2D eigenvalue weighted by molar-refractivity contribution is 0.598. The highest BCUT2D eigenvalue weighted by Crippen LogP contribution is 2.18. The second-order valence-electron chi connectivity index (χ2n) is 4.00. The molecule has 19 heavy (non-hydrogen) atoms. The second kappa shape index (κ2) is 5.68. The van der Waals surface area contributed by atoms with Gasteiger partial charge in [0.1, 0.15) is 0 Å². The molecule has 0 saturated heterocycles. The van der Waals surface area contributed by atoms with Crippen molar-refractivity contribution in [3.05, 3.63) is 40.3 Å². The Balaban J connectivity index is 2.07. The number of benzene rings is 1. The summed E-state index contributed by atoms with van der Waals surface area (Å²) >= 11 is 1.65. The first-order valence-corrected chi connectivity index (χ1v) is 8.15. The summed E-state index contributed by atoms with van der Waals surface area (Å²) in [5, 5.41) is 9.34. The van der Waals surface area contributed by atoms with Crippen LogP contribution >= 0.6 is 11.3 Å². The monoisotopic (exact) mass is 297 g/mol. The third kappa shape index (κ3) is 3.76. The van der Waals surface area contributed by atoms with E-state index in [9.17, 15) is 8.42 Å². The third-order valence-electron chi connectivity index (χ3n) is 2.53. The Morgan fingerprint density at radius 1 is 1.42 bits per heavy atom. The van der Waals surface area contributed by atoms with Gasteiger partial charge in [-0.05, 0) is 24.6 Å². The van der Waals surface area contributed by atoms with E-state index in [1.165, 1.54) is 12.1 Å². The van der Waals surface area contributed by atoms with Gasteiger partial charge in [-0.3, -0.25) is 0 Å². The van der Waals surface area contributed by atoms with Crippen LogP contribution in [0.1, 0.15) is 16.8 Å². The lowest BCUT2D eigenvalue weighted by Gasteiger charge is -2.06. The maximum absolute atomic E-state index is 11.2. The van der Waals surface area contributed by atoms with E-state index in [1.807, 2.05) is 6.20 Å². The second-order valence-corrected chi connectivity index (χ2v) is 6.76. The van der Waals surface area contributed by atoms with Crippen molar-refractivity contribution in [1.82, 2.24) is 4.98 Å². The fourth-order valence-electron chi connectivity index (χ4n) is 1.57. The number of aryl methyl sites for hydroxylation is 1. The maximum atomic E-state index is 11.2. The number of anilines is 1. The minimum absolute atomic E-state index is 0.107. The van der Waals surface area contributed by atoms with Crippen molar-refractivity contribution in [3.8, 4) is 0 Å². The van der Waals surface area contributed by atoms with Gasteiger partial charge in [-0.1, -0.05) is 13.0 Å². The van der Waals surface area contributed by atoms with E-state index in [-0.39, 0.29) is 4.90 Å². The summed E-state index contributed by atoms with van der Waals surface area (Å²) in [5.74, 6) is 0. The molecule has 0 atom stereocenters. The number of primary sulfonamides is 1. The molecule has 2 rings (SSSR count). The lowest BCUT2D eigenvalue weighted by atomic mass is 10.3. The normalized spacial score (nSPS) is 11.5. The van der Waals surface area contributed by atoms with Crippen molar-refractivity contribution in [2.45, 2.75) is 24.8 Å². The number of nitrogens with two attached hydrogens (primary N) is 1. The van der Waals surface area contributed by atoms with Crippen LogP contribution in [0.4, 0.5) is 5.69 Å². The fraction of sp³-hybridized carbons (Fsp3) is 0.250. The molecule has 0 aliphatic rings. The largest absolute Gasteiger partial charge is 0.380 e. The Labute approximate surface area is 116 Å². The topological polar surface area (TPSA) is 85.1 Å². The van der Waals surface area contributed by atoms with Gasteiger partial charge in [0.25, 0.3) is 0 Å². The molecule has 1 aromatic heterocycles. The minimum Gasteiger partial charge on any atom is -0.380 e. The first-order chi connectivity index (χ1) is 8.99. The van der Waals surface area contributed by atoms with Crippen LogP contribution in [0.3, 0.4) is 0 Å². The SMILES string of the molecule is CCc1ncc(CNc2cccc(S(N)(=O)=O)c2)s1. The molecule has 0 aliphatic carbocycles. The highest BCUT2D eigenvalue weighted by molar-refractivity contribution is 7.89. The summed E-state index contributed by atoms with van der Waals surface area (Å²) in [4.78, 5) is 5.48. The number of rotatable bonds is 5. The molecule has 3 N–H and O–H groups in total. The Morgan fingerprint density at radius 3 is 2.84 bits per heavy atom. The van der Waals surface area contributed by atoms with Gasteiger partial charge in [0.15, 0.2) is 0 Å². The zero-order valence-electron chi connectivity index (χ0n) is 10.5. The smallest absolute Gasteiger partial charge is 0.238 e. The number of nitrogens with one attached hydrogen (secondary N) is 1. The predicted octanol–water partition coefficient (Wildman–Crippen LogP) is 1.97. The quantitative estimate of drug-likeness (QED) is 0.883. The molecule has 0 unspecified atom stereocenters. The van der Waals surface area contributed by atoms with Crippen LogP contribution in [0, 0.1) is 0 Å². The molecule has 0 fully saturated rings. The first kappa shape index (κ1) is 14.0. The molecule has 5 nitrogen and oxygen atoms in total. The van der Waals surface area contributed by atoms with E-state index in [2.05, 4.69) is 17.2 Å². The molecular weight excluding hydrogens is 282 g/mol. The Morgan fingerprint density at radius 2 is 2.21 bits per heavy atom. The summed E-state index contributed by atoms with van der Waals surface area (Å²) in [7, 11) is -3.66. The number of nitrogens with zero attached hydrogens (tertiary/aromatic N) is 1. The van der Waals surface area contributed by atoms with E-state index < -0.39 is 10.0 Å². The van der Waals surface area contributed by atoms with E-state index in [0.717, 1.165) is 22.0 Å². The molecular formula is C12H15N3O2S2. The van der Waals surface area contributed by atoms with Crippen LogP contribution in [-0.4, -0.2) is 13.4 Å². The van der Waals surface area contributed by atoms with Gasteiger partial charge in [0.05, 0.1) is 16.4 Å². The van der Waals surface area contributed by atoms with Crippen LogP contribution in [0.2, 0.25) is 0 Å². The lowest BCUT2D eigenvalue weighted by Crippen LogP contribution is -2.12. The zero-order chi connectivity index (χ0) is 13.9. The van der Waals surface area contributed by atoms with Crippen molar-refractivity contribution in [3.63, 3.8) is 0 Å². The van der Waals surface area contributed by atoms with Crippen LogP contribution in [0.5, 0.6) is 0 Å². The van der Waals surface area contributed by atoms with Crippen molar-refractivity contribution < 1.29 is 8.42 Å². The van der Waals surface area contributed by atoms with Crippen LogP contribution in [-0.2, 0) is 23.0 Å². The van der Waals surface area contributed by atoms with Gasteiger partial charge < -0.3 is 5.32 Å². The van der Waals surface area contributed by atoms with Crippen molar-refractivity contribution in [1.29, 1.82) is 0 Å². The van der Waals surface area contributed by atoms with Gasteiger partial charge in [-0.15, -0.1) is 11.3 Å². The van der Waals surface area contributed by atoms with Crippen LogP contribution in [0.25, 0.3) is 0 Å². The predicted molar refractivity (Wildman–Crippen MR) is 76.6 cm³/mol. The van der Waals surface area contributed by atoms with Crippen LogP contribution < -0.4 is 10.5 Å². The van der Waals surface area contributed by atoms with Crippen molar-refractivity contribution >= 4 is 27.0 Å². The molecule has 0 radical (unpaired) electrons. The molecule has 0 saturated carbocycles. The highest BCUT2D eigenvalue weighted by atomic mass is 32.2. The van der Waals surface area contributed by atoms with Gasteiger partial charge in [-0.25, -0.2) is 18.5 Å². The summed E-state index contributed by atoms with van der Waals surface area (Å²) in [6, 6.07) is 6.46. The van der Waals surface area contributed by atoms with E-state index in [1.54, 1.807) is 23.5 Å². The molecule has 0 spiro atoms. The van der Waals surface area contributed by atoms with E-state index in [4.69, 9.17) is 5.14 Å². The van der Waals surface area contributed by atoms with Gasteiger partial charge >= 0.3 is 0 Å². The molecule has 1 aromatic carbocycles. The molecule has 102 valence electrons. The van der Waals surface area contributed by atoms with Gasteiger partial charge in [0, 0.05) is 16.8 Å². The number of sulfonamides is 1. The summed E-state index contributed by atoms with van der Waals surface area (Å²) in [6.45, 7) is 2.68. The van der Waals surface area contributed by atoms with Gasteiger partial charge in [-0.2, -0.15) is 0 Å². The molecule has 0 bridgehead atoms. The molecule has 1 heterocycles. The summed E-state index contributed by atoms with van der Waals surface area (Å²) in [5.41, 5.74) is 0.720. The van der Waals surface area contributed by atoms with E-state index >= 15 is 0 Å². The molecule has 7 heteroatoms. The standard InChI is InChI=1S/C12H15N3O2S2/c1-2-12-15-8-10(18-12)7-14-9-4-3-5-11(6-9)19(13,16)17/h3-6,8,14H,2,7H2,1H3,(H2,13,16,17). The van der Waals surface area contributed by atoms with E-state index in [0.29, 0.717) is 6.54 Å². The molecule has 2 aromatic rings. The van der Waals surface area contributed by atoms with Crippen molar-refractivity contribution in [2.75, 3.05) is 5.32 Å². The average Bonchev–Trinajstić information content (AvgIpc) is 2.84. The number of thiazole rings is 1. The Hall–Kier alpha value is -1.44. The Bertz CT molecular complexity index is 665. The number of hydrogen-bond acceptors (Lipinski definition) is 5. The minimum atomic E-state index is -3.66. The summed E-state index contributed by atoms with van der Waals surface area (Å²) in [6.07, 6.45) is 2.76. The summed E-state index contributed by atoms with van der Waals surface area (Å²) < 4.78 is 22.5. The van der Waals surface area contributed by atoms with Crippen LogP contribution in [0.15, 0.2) is 35.4 Å². The maximum Gasteiger partial charge on any atom is 0.238 e. The average molecular weight is 297 g/mol. The van der Waals surface area contributed by atoms with Crippen molar-refractivity contribution in [2.24, 2.45) is 5.14 Å². The third-order valence-corrected chi connectivity index (χ3v) is 4.59. The molecule has 0 amide bonds. The zero-order valence-corrected chi connectivity index (χ0v) is 12.1. The fourth-order valence-corrected chi connectivity index (χ4v) is 2.93. The molecule has 0 aliphatic heterocycles. The highest BCUT2D eigenvalue weighted by Gasteiger charge is 2.08. The van der Waals surface area contributed by atoms with Gasteiger partial charge in [0.2, 0.25) is 10.0 Å². The first-order valence-electron chi connectivity index (χ1n) is 5.79.